The number of hydrogen-bond acceptors (Lipinski definition) is 4. The highest BCUT2D eigenvalue weighted by molar-refractivity contribution is 5.96. The molecule has 0 bridgehead atoms. The summed E-state index contributed by atoms with van der Waals surface area (Å²) in [4.78, 5) is 31.0. The van der Waals surface area contributed by atoms with Crippen LogP contribution < -0.4 is 0 Å². The Morgan fingerprint density at radius 2 is 1.96 bits per heavy atom. The van der Waals surface area contributed by atoms with E-state index in [4.69, 9.17) is 4.74 Å². The van der Waals surface area contributed by atoms with Gasteiger partial charge >= 0.3 is 6.09 Å². The maximum atomic E-state index is 13.0. The van der Waals surface area contributed by atoms with Gasteiger partial charge in [-0.3, -0.25) is 4.79 Å². The van der Waals surface area contributed by atoms with E-state index in [-0.39, 0.29) is 17.7 Å². The predicted octanol–water partition coefficient (Wildman–Crippen LogP) is 3.14. The molecule has 0 N–H and O–H groups in total. The Balaban J connectivity index is 1.89. The zero-order valence-corrected chi connectivity index (χ0v) is 15.7. The topological polar surface area (TPSA) is 64.4 Å². The second-order valence-electron chi connectivity index (χ2n) is 7.76. The molecule has 1 aromatic carbocycles. The molecular weight excluding hydrogens is 330 g/mol. The number of aromatic nitrogens is 2. The van der Waals surface area contributed by atoms with Gasteiger partial charge in [-0.1, -0.05) is 30.3 Å². The standard InChI is InChI=1S/C20H25N3O3/c1-20(2,3)26-19(25)23-12-16(17-11-21-13-22(17)4)15(18(23)24)10-14-8-6-5-7-9-14/h5-9,11,13,15-16H,10,12H2,1-4H3/t15-,16+/m0/s1. The quantitative estimate of drug-likeness (QED) is 0.848. The van der Waals surface area contributed by atoms with Gasteiger partial charge in [-0.2, -0.15) is 0 Å². The van der Waals surface area contributed by atoms with Crippen molar-refractivity contribution in [3.8, 4) is 0 Å². The number of carbonyl (C=O) groups is 2. The molecule has 2 aromatic rings. The summed E-state index contributed by atoms with van der Waals surface area (Å²) >= 11 is 0. The monoisotopic (exact) mass is 355 g/mol. The Morgan fingerprint density at radius 1 is 1.27 bits per heavy atom. The summed E-state index contributed by atoms with van der Waals surface area (Å²) in [5, 5.41) is 0. The van der Waals surface area contributed by atoms with Crippen LogP contribution in [0.1, 0.15) is 37.9 Å². The van der Waals surface area contributed by atoms with Crippen molar-refractivity contribution in [3.05, 3.63) is 54.1 Å². The van der Waals surface area contributed by atoms with E-state index in [0.29, 0.717) is 13.0 Å². The Hall–Kier alpha value is -2.63. The Bertz CT molecular complexity index is 792. The first-order valence-electron chi connectivity index (χ1n) is 8.81. The van der Waals surface area contributed by atoms with Crippen molar-refractivity contribution >= 4 is 12.0 Å². The third-order valence-electron chi connectivity index (χ3n) is 4.59. The average Bonchev–Trinajstić information content (AvgIpc) is 3.11. The summed E-state index contributed by atoms with van der Waals surface area (Å²) < 4.78 is 7.34. The molecule has 1 aromatic heterocycles. The van der Waals surface area contributed by atoms with Crippen molar-refractivity contribution in [1.82, 2.24) is 14.5 Å². The molecule has 1 aliphatic heterocycles. The predicted molar refractivity (Wildman–Crippen MR) is 97.5 cm³/mol. The number of benzene rings is 1. The van der Waals surface area contributed by atoms with Gasteiger partial charge in [0.05, 0.1) is 12.2 Å². The smallest absolute Gasteiger partial charge is 0.417 e. The molecule has 6 heteroatoms. The first-order valence-corrected chi connectivity index (χ1v) is 8.81. The van der Waals surface area contributed by atoms with Crippen molar-refractivity contribution in [1.29, 1.82) is 0 Å². The van der Waals surface area contributed by atoms with Gasteiger partial charge < -0.3 is 9.30 Å². The van der Waals surface area contributed by atoms with Crippen LogP contribution in [0.25, 0.3) is 0 Å². The van der Waals surface area contributed by atoms with E-state index in [1.807, 2.05) is 41.9 Å². The highest BCUT2D eigenvalue weighted by Gasteiger charge is 2.46. The van der Waals surface area contributed by atoms with Gasteiger partial charge in [-0.25, -0.2) is 14.7 Å². The van der Waals surface area contributed by atoms with Crippen molar-refractivity contribution in [2.75, 3.05) is 6.54 Å². The molecule has 2 amide bonds. The summed E-state index contributed by atoms with van der Waals surface area (Å²) in [6.45, 7) is 5.70. The fourth-order valence-electron chi connectivity index (χ4n) is 3.39. The Kier molecular flexibility index (Phi) is 4.85. The summed E-state index contributed by atoms with van der Waals surface area (Å²) in [6, 6.07) is 9.87. The number of rotatable bonds is 3. The van der Waals surface area contributed by atoms with E-state index in [1.54, 1.807) is 33.3 Å². The summed E-state index contributed by atoms with van der Waals surface area (Å²) in [7, 11) is 1.91. The molecular formula is C20H25N3O3. The molecule has 26 heavy (non-hydrogen) atoms. The zero-order valence-electron chi connectivity index (χ0n) is 15.7. The van der Waals surface area contributed by atoms with Gasteiger partial charge in [0.1, 0.15) is 5.60 Å². The lowest BCUT2D eigenvalue weighted by atomic mass is 9.87. The zero-order chi connectivity index (χ0) is 18.9. The van der Waals surface area contributed by atoms with Crippen LogP contribution in [0.2, 0.25) is 0 Å². The lowest BCUT2D eigenvalue weighted by Crippen LogP contribution is -2.38. The first kappa shape index (κ1) is 18.2. The highest BCUT2D eigenvalue weighted by Crippen LogP contribution is 2.36. The minimum absolute atomic E-state index is 0.109. The molecule has 2 heterocycles. The van der Waals surface area contributed by atoms with Crippen molar-refractivity contribution in [2.45, 2.75) is 38.7 Å². The summed E-state index contributed by atoms with van der Waals surface area (Å²) in [5.41, 5.74) is 1.38. The van der Waals surface area contributed by atoms with Crippen LogP contribution in [0.5, 0.6) is 0 Å². The molecule has 0 aliphatic carbocycles. The molecule has 0 spiro atoms. The number of likely N-dealkylation sites (tertiary alicyclic amines) is 1. The van der Waals surface area contributed by atoms with Crippen molar-refractivity contribution in [3.63, 3.8) is 0 Å². The minimum atomic E-state index is -0.642. The number of imide groups is 1. The molecule has 138 valence electrons. The molecule has 2 atom stereocenters. The summed E-state index contributed by atoms with van der Waals surface area (Å²) in [6.07, 6.45) is 3.49. The molecule has 0 unspecified atom stereocenters. The van der Waals surface area contributed by atoms with Crippen LogP contribution in [-0.2, 0) is 23.0 Å². The van der Waals surface area contributed by atoms with Crippen LogP contribution in [0.4, 0.5) is 4.79 Å². The van der Waals surface area contributed by atoms with Gasteiger partial charge in [0, 0.05) is 31.4 Å². The second kappa shape index (κ2) is 6.94. The molecule has 1 saturated heterocycles. The van der Waals surface area contributed by atoms with Gasteiger partial charge in [0.25, 0.3) is 0 Å². The van der Waals surface area contributed by atoms with E-state index in [0.717, 1.165) is 11.3 Å². The first-order chi connectivity index (χ1) is 12.3. The Morgan fingerprint density at radius 3 is 2.54 bits per heavy atom. The molecule has 0 saturated carbocycles. The molecule has 6 nitrogen and oxygen atoms in total. The van der Waals surface area contributed by atoms with Gasteiger partial charge in [0.2, 0.25) is 5.91 Å². The normalized spacial score (nSPS) is 20.5. The SMILES string of the molecule is Cn1cncc1[C@@H]1CN(C(=O)OC(C)(C)C)C(=O)[C@H]1Cc1ccccc1. The fraction of sp³-hybridized carbons (Fsp3) is 0.450. The number of hydrogen-bond donors (Lipinski definition) is 0. The van der Waals surface area contributed by atoms with E-state index in [2.05, 4.69) is 4.98 Å². The molecule has 3 rings (SSSR count). The summed E-state index contributed by atoms with van der Waals surface area (Å²) in [5.74, 6) is -0.614. The van der Waals surface area contributed by atoms with E-state index < -0.39 is 11.7 Å². The minimum Gasteiger partial charge on any atom is -0.443 e. The molecule has 0 radical (unpaired) electrons. The molecule has 1 fully saturated rings. The van der Waals surface area contributed by atoms with Crippen molar-refractivity contribution in [2.24, 2.45) is 13.0 Å². The highest BCUT2D eigenvalue weighted by atomic mass is 16.6. The number of imidazole rings is 1. The van der Waals surface area contributed by atoms with E-state index in [1.165, 1.54) is 4.90 Å². The maximum Gasteiger partial charge on any atom is 0.417 e. The van der Waals surface area contributed by atoms with Gasteiger partial charge in [-0.05, 0) is 32.8 Å². The van der Waals surface area contributed by atoms with Crippen LogP contribution in [0.3, 0.4) is 0 Å². The van der Waals surface area contributed by atoms with Gasteiger partial charge in [-0.15, -0.1) is 0 Å². The second-order valence-corrected chi connectivity index (χ2v) is 7.76. The largest absolute Gasteiger partial charge is 0.443 e. The lowest BCUT2D eigenvalue weighted by Gasteiger charge is -2.23. The van der Waals surface area contributed by atoms with Crippen LogP contribution >= 0.6 is 0 Å². The number of amides is 2. The Labute approximate surface area is 153 Å². The number of carbonyl (C=O) groups excluding carboxylic acids is 2. The van der Waals surface area contributed by atoms with Gasteiger partial charge in [0.15, 0.2) is 0 Å². The van der Waals surface area contributed by atoms with E-state index >= 15 is 0 Å². The lowest BCUT2D eigenvalue weighted by molar-refractivity contribution is -0.130. The van der Waals surface area contributed by atoms with Crippen molar-refractivity contribution < 1.29 is 14.3 Å². The van der Waals surface area contributed by atoms with Crippen LogP contribution in [0.15, 0.2) is 42.9 Å². The number of nitrogens with zero attached hydrogens (tertiary/aromatic N) is 3. The molecule has 1 aliphatic rings. The average molecular weight is 355 g/mol. The fourth-order valence-corrected chi connectivity index (χ4v) is 3.39. The number of ether oxygens (including phenoxy) is 1. The third-order valence-corrected chi connectivity index (χ3v) is 4.59. The maximum absolute atomic E-state index is 13.0. The van der Waals surface area contributed by atoms with Crippen LogP contribution in [0, 0.1) is 5.92 Å². The number of aryl methyl sites for hydroxylation is 1. The van der Waals surface area contributed by atoms with E-state index in [9.17, 15) is 9.59 Å². The van der Waals surface area contributed by atoms with Crippen LogP contribution in [-0.4, -0.2) is 38.6 Å². The third kappa shape index (κ3) is 3.79.